The number of esters is 1. The first kappa shape index (κ1) is 13.5. The van der Waals surface area contributed by atoms with E-state index in [2.05, 4.69) is 15.9 Å². The fourth-order valence-electron chi connectivity index (χ4n) is 1.23. The van der Waals surface area contributed by atoms with E-state index < -0.39 is 0 Å². The van der Waals surface area contributed by atoms with E-state index >= 15 is 0 Å². The molecule has 0 bridgehead atoms. The van der Waals surface area contributed by atoms with Gasteiger partial charge >= 0.3 is 5.97 Å². The average molecular weight is 294 g/mol. The van der Waals surface area contributed by atoms with Crippen LogP contribution in [0.2, 0.25) is 0 Å². The minimum absolute atomic E-state index is 0.325. The van der Waals surface area contributed by atoms with Crippen LogP contribution in [0, 0.1) is 11.3 Å². The van der Waals surface area contributed by atoms with Crippen molar-refractivity contribution in [2.24, 2.45) is 0 Å². The van der Waals surface area contributed by atoms with Gasteiger partial charge in [-0.05, 0) is 30.7 Å². The minimum Gasteiger partial charge on any atom is -0.463 e. The van der Waals surface area contributed by atoms with Gasteiger partial charge in [0, 0.05) is 10.9 Å². The minimum atomic E-state index is -0.325. The highest BCUT2D eigenvalue weighted by molar-refractivity contribution is 9.09. The van der Waals surface area contributed by atoms with Crippen LogP contribution in [0.5, 0.6) is 0 Å². The number of halogens is 1. The molecular weight excluding hydrogens is 282 g/mol. The van der Waals surface area contributed by atoms with Crippen LogP contribution in [-0.4, -0.2) is 17.9 Å². The highest BCUT2D eigenvalue weighted by Gasteiger charge is 2.08. The molecule has 0 saturated carbocycles. The van der Waals surface area contributed by atoms with Gasteiger partial charge in [-0.1, -0.05) is 28.1 Å². The van der Waals surface area contributed by atoms with E-state index in [0.29, 0.717) is 23.1 Å². The topological polar surface area (TPSA) is 50.1 Å². The number of hydrogen-bond acceptors (Lipinski definition) is 3. The number of ether oxygens (including phenoxy) is 1. The van der Waals surface area contributed by atoms with Gasteiger partial charge in [-0.15, -0.1) is 0 Å². The predicted octanol–water partition coefficient (Wildman–Crippen LogP) is 2.90. The van der Waals surface area contributed by atoms with Crippen molar-refractivity contribution in [3.05, 3.63) is 41.0 Å². The van der Waals surface area contributed by atoms with E-state index in [0.717, 1.165) is 5.56 Å². The van der Waals surface area contributed by atoms with Crippen LogP contribution in [-0.2, 0) is 9.53 Å². The zero-order valence-corrected chi connectivity index (χ0v) is 11.0. The zero-order valence-electron chi connectivity index (χ0n) is 9.44. The Morgan fingerprint density at radius 1 is 1.47 bits per heavy atom. The molecule has 17 heavy (non-hydrogen) atoms. The lowest BCUT2D eigenvalue weighted by Gasteiger charge is -2.03. The normalized spacial score (nSPS) is 10.8. The van der Waals surface area contributed by atoms with Crippen LogP contribution in [0.15, 0.2) is 29.8 Å². The second-order valence-corrected chi connectivity index (χ2v) is 3.82. The number of rotatable bonds is 4. The Hall–Kier alpha value is -1.60. The van der Waals surface area contributed by atoms with Crippen LogP contribution in [0.4, 0.5) is 0 Å². The van der Waals surface area contributed by atoms with Crippen molar-refractivity contribution < 1.29 is 9.53 Å². The van der Waals surface area contributed by atoms with E-state index in [1.165, 1.54) is 0 Å². The number of nitrogens with zero attached hydrogens (tertiary/aromatic N) is 1. The highest BCUT2D eigenvalue weighted by atomic mass is 79.9. The SMILES string of the molecule is CCOC(=O)C(=Cc1ccc(C#N)cc1)CBr. The molecule has 1 aromatic carbocycles. The third-order valence-electron chi connectivity index (χ3n) is 2.06. The first-order chi connectivity index (χ1) is 8.21. The van der Waals surface area contributed by atoms with Gasteiger partial charge in [0.15, 0.2) is 0 Å². The lowest BCUT2D eigenvalue weighted by Crippen LogP contribution is -2.08. The van der Waals surface area contributed by atoms with Crippen LogP contribution in [0.1, 0.15) is 18.1 Å². The molecule has 0 atom stereocenters. The Labute approximate surface area is 109 Å². The summed E-state index contributed by atoms with van der Waals surface area (Å²) in [6, 6.07) is 9.05. The number of carbonyl (C=O) groups is 1. The number of benzene rings is 1. The van der Waals surface area contributed by atoms with Gasteiger partial charge in [-0.2, -0.15) is 5.26 Å². The van der Waals surface area contributed by atoms with E-state index in [1.54, 1.807) is 37.3 Å². The Balaban J connectivity index is 2.90. The summed E-state index contributed by atoms with van der Waals surface area (Å²) in [6.45, 7) is 2.13. The van der Waals surface area contributed by atoms with Gasteiger partial charge in [-0.3, -0.25) is 0 Å². The van der Waals surface area contributed by atoms with Crippen molar-refractivity contribution in [2.45, 2.75) is 6.92 Å². The standard InChI is InChI=1S/C13H12BrNO2/c1-2-17-13(16)12(8-14)7-10-3-5-11(9-15)6-4-10/h3-7H,2,8H2,1H3. The molecule has 0 spiro atoms. The molecule has 0 fully saturated rings. The lowest BCUT2D eigenvalue weighted by atomic mass is 10.1. The maximum absolute atomic E-state index is 11.5. The molecule has 0 aromatic heterocycles. The third-order valence-corrected chi connectivity index (χ3v) is 2.67. The third kappa shape index (κ3) is 4.04. The van der Waals surface area contributed by atoms with Crippen LogP contribution < -0.4 is 0 Å². The molecule has 0 radical (unpaired) electrons. The van der Waals surface area contributed by atoms with Crippen molar-refractivity contribution in [1.82, 2.24) is 0 Å². The predicted molar refractivity (Wildman–Crippen MR) is 69.6 cm³/mol. The smallest absolute Gasteiger partial charge is 0.334 e. The molecule has 0 aliphatic rings. The van der Waals surface area contributed by atoms with E-state index in [1.807, 2.05) is 6.07 Å². The summed E-state index contributed by atoms with van der Waals surface area (Å²) in [5.74, 6) is -0.325. The second kappa shape index (κ2) is 6.87. The molecule has 0 saturated heterocycles. The number of nitriles is 1. The molecule has 88 valence electrons. The molecular formula is C13H12BrNO2. The second-order valence-electron chi connectivity index (χ2n) is 3.26. The van der Waals surface area contributed by atoms with Gasteiger partial charge < -0.3 is 4.74 Å². The highest BCUT2D eigenvalue weighted by Crippen LogP contribution is 2.11. The summed E-state index contributed by atoms with van der Waals surface area (Å²) in [5.41, 5.74) is 2.02. The summed E-state index contributed by atoms with van der Waals surface area (Å²) in [7, 11) is 0. The van der Waals surface area contributed by atoms with Crippen molar-refractivity contribution >= 4 is 28.0 Å². The van der Waals surface area contributed by atoms with E-state index in [-0.39, 0.29) is 5.97 Å². The molecule has 3 nitrogen and oxygen atoms in total. The summed E-state index contributed by atoms with van der Waals surface area (Å²) < 4.78 is 4.92. The van der Waals surface area contributed by atoms with Gasteiger partial charge in [0.05, 0.1) is 18.2 Å². The summed E-state index contributed by atoms with van der Waals surface area (Å²) >= 11 is 3.25. The zero-order chi connectivity index (χ0) is 12.7. The Kier molecular flexibility index (Phi) is 5.44. The molecule has 0 amide bonds. The molecule has 4 heteroatoms. The van der Waals surface area contributed by atoms with Gasteiger partial charge in [0.25, 0.3) is 0 Å². The molecule has 0 aliphatic carbocycles. The van der Waals surface area contributed by atoms with Gasteiger partial charge in [0.1, 0.15) is 0 Å². The van der Waals surface area contributed by atoms with Crippen LogP contribution >= 0.6 is 15.9 Å². The molecule has 0 unspecified atom stereocenters. The summed E-state index contributed by atoms with van der Waals surface area (Å²) in [4.78, 5) is 11.5. The molecule has 0 N–H and O–H groups in total. The maximum Gasteiger partial charge on any atom is 0.334 e. The van der Waals surface area contributed by atoms with E-state index in [4.69, 9.17) is 10.00 Å². The molecule has 0 heterocycles. The van der Waals surface area contributed by atoms with Crippen molar-refractivity contribution in [2.75, 3.05) is 11.9 Å². The number of hydrogen-bond donors (Lipinski definition) is 0. The lowest BCUT2D eigenvalue weighted by molar-refractivity contribution is -0.138. The first-order valence-electron chi connectivity index (χ1n) is 5.15. The molecule has 1 rings (SSSR count). The van der Waals surface area contributed by atoms with Crippen molar-refractivity contribution in [3.8, 4) is 6.07 Å². The maximum atomic E-state index is 11.5. The molecule has 0 aliphatic heterocycles. The number of carbonyl (C=O) groups excluding carboxylic acids is 1. The van der Waals surface area contributed by atoms with Gasteiger partial charge in [-0.25, -0.2) is 4.79 Å². The Morgan fingerprint density at radius 2 is 2.12 bits per heavy atom. The number of alkyl halides is 1. The summed E-state index contributed by atoms with van der Waals surface area (Å²) in [6.07, 6.45) is 1.74. The van der Waals surface area contributed by atoms with Crippen molar-refractivity contribution in [1.29, 1.82) is 5.26 Å². The Bertz CT molecular complexity index is 457. The fourth-order valence-corrected chi connectivity index (χ4v) is 1.62. The van der Waals surface area contributed by atoms with Gasteiger partial charge in [0.2, 0.25) is 0 Å². The Morgan fingerprint density at radius 3 is 2.59 bits per heavy atom. The van der Waals surface area contributed by atoms with Crippen LogP contribution in [0.25, 0.3) is 6.08 Å². The monoisotopic (exact) mass is 293 g/mol. The van der Waals surface area contributed by atoms with Crippen LogP contribution in [0.3, 0.4) is 0 Å². The van der Waals surface area contributed by atoms with E-state index in [9.17, 15) is 4.79 Å². The average Bonchev–Trinajstić information content (AvgIpc) is 2.37. The van der Waals surface area contributed by atoms with Crippen molar-refractivity contribution in [3.63, 3.8) is 0 Å². The molecule has 1 aromatic rings. The first-order valence-corrected chi connectivity index (χ1v) is 6.27. The quantitative estimate of drug-likeness (QED) is 0.487. The summed E-state index contributed by atoms with van der Waals surface area (Å²) in [5, 5.41) is 9.10. The fraction of sp³-hybridized carbons (Fsp3) is 0.231. The largest absolute Gasteiger partial charge is 0.463 e.